The summed E-state index contributed by atoms with van der Waals surface area (Å²) >= 11 is 0. The van der Waals surface area contributed by atoms with Crippen LogP contribution in [0, 0.1) is 5.92 Å². The van der Waals surface area contributed by atoms with Crippen molar-refractivity contribution in [1.82, 2.24) is 0 Å². The number of rotatable bonds is 2. The molecule has 0 radical (unpaired) electrons. The molecule has 2 N–H and O–H groups in total. The average Bonchev–Trinajstić information content (AvgIpc) is 2.94. The smallest absolute Gasteiger partial charge is 0.160 e. The summed E-state index contributed by atoms with van der Waals surface area (Å²) in [6, 6.07) is 8.12. The van der Waals surface area contributed by atoms with Crippen molar-refractivity contribution < 1.29 is 9.47 Å². The van der Waals surface area contributed by atoms with Crippen LogP contribution in [0.2, 0.25) is 0 Å². The molecule has 2 saturated heterocycles. The van der Waals surface area contributed by atoms with Gasteiger partial charge in [-0.2, -0.15) is 0 Å². The Morgan fingerprint density at radius 3 is 2.22 bits per heavy atom. The predicted octanol–water partition coefficient (Wildman–Crippen LogP) is 1.86. The highest BCUT2D eigenvalue weighted by Crippen LogP contribution is 2.28. The number of nitrogens with two attached hydrogens (primary N) is 1. The standard InChI is InChI=1S/C14H20N2O2/c15-12-1-3-13(4-2-12)16-7-5-11(6-8-16)14-17-9-10-18-14/h1-4,11,14H,5-10,15H2. The largest absolute Gasteiger partial charge is 0.399 e. The topological polar surface area (TPSA) is 47.7 Å². The monoisotopic (exact) mass is 248 g/mol. The van der Waals surface area contributed by atoms with Gasteiger partial charge in [-0.25, -0.2) is 0 Å². The van der Waals surface area contributed by atoms with Gasteiger partial charge in [0.25, 0.3) is 0 Å². The summed E-state index contributed by atoms with van der Waals surface area (Å²) in [5.74, 6) is 0.553. The molecule has 2 fully saturated rings. The summed E-state index contributed by atoms with van der Waals surface area (Å²) < 4.78 is 11.2. The van der Waals surface area contributed by atoms with Gasteiger partial charge in [0.15, 0.2) is 6.29 Å². The van der Waals surface area contributed by atoms with Crippen LogP contribution in [-0.4, -0.2) is 32.6 Å². The molecular formula is C14H20N2O2. The molecule has 2 aliphatic heterocycles. The fourth-order valence-corrected chi connectivity index (χ4v) is 2.76. The van der Waals surface area contributed by atoms with Gasteiger partial charge in [0.2, 0.25) is 0 Å². The van der Waals surface area contributed by atoms with Crippen molar-refractivity contribution in [2.45, 2.75) is 19.1 Å². The van der Waals surface area contributed by atoms with Crippen LogP contribution in [0.25, 0.3) is 0 Å². The third kappa shape index (κ3) is 2.44. The Morgan fingerprint density at radius 2 is 1.61 bits per heavy atom. The number of hydrogen-bond donors (Lipinski definition) is 1. The van der Waals surface area contributed by atoms with Crippen molar-refractivity contribution in [1.29, 1.82) is 0 Å². The van der Waals surface area contributed by atoms with Gasteiger partial charge in [0.05, 0.1) is 13.2 Å². The molecule has 98 valence electrons. The highest BCUT2D eigenvalue weighted by molar-refractivity contribution is 5.53. The van der Waals surface area contributed by atoms with Crippen LogP contribution in [0.4, 0.5) is 11.4 Å². The zero-order chi connectivity index (χ0) is 12.4. The number of ether oxygens (including phenoxy) is 2. The van der Waals surface area contributed by atoms with Crippen molar-refractivity contribution in [3.8, 4) is 0 Å². The molecule has 0 spiro atoms. The maximum Gasteiger partial charge on any atom is 0.160 e. The molecule has 1 aromatic carbocycles. The van der Waals surface area contributed by atoms with Crippen LogP contribution in [0.3, 0.4) is 0 Å². The summed E-state index contributed by atoms with van der Waals surface area (Å²) in [5.41, 5.74) is 7.79. The number of nitrogen functional groups attached to an aromatic ring is 1. The Morgan fingerprint density at radius 1 is 1.00 bits per heavy atom. The summed E-state index contributed by atoms with van der Waals surface area (Å²) in [5, 5.41) is 0. The number of benzene rings is 1. The van der Waals surface area contributed by atoms with Crippen molar-refractivity contribution in [3.05, 3.63) is 24.3 Å². The van der Waals surface area contributed by atoms with Crippen molar-refractivity contribution in [3.63, 3.8) is 0 Å². The molecular weight excluding hydrogens is 228 g/mol. The summed E-state index contributed by atoms with van der Waals surface area (Å²) in [6.45, 7) is 3.64. The number of anilines is 2. The zero-order valence-electron chi connectivity index (χ0n) is 10.5. The van der Waals surface area contributed by atoms with E-state index in [-0.39, 0.29) is 6.29 Å². The van der Waals surface area contributed by atoms with Gasteiger partial charge in [-0.1, -0.05) is 0 Å². The number of nitrogens with zero attached hydrogens (tertiary/aromatic N) is 1. The Hall–Kier alpha value is -1.26. The molecule has 0 saturated carbocycles. The zero-order valence-corrected chi connectivity index (χ0v) is 10.5. The minimum atomic E-state index is 0.0403. The lowest BCUT2D eigenvalue weighted by Gasteiger charge is -2.35. The van der Waals surface area contributed by atoms with E-state index in [0.717, 1.165) is 44.8 Å². The first-order valence-corrected chi connectivity index (χ1v) is 6.66. The van der Waals surface area contributed by atoms with Gasteiger partial charge < -0.3 is 20.1 Å². The molecule has 0 aliphatic carbocycles. The van der Waals surface area contributed by atoms with Crippen molar-refractivity contribution >= 4 is 11.4 Å². The molecule has 4 nitrogen and oxygen atoms in total. The summed E-state index contributed by atoms with van der Waals surface area (Å²) in [4.78, 5) is 2.41. The van der Waals surface area contributed by atoms with Gasteiger partial charge in [-0.3, -0.25) is 0 Å². The van der Waals surface area contributed by atoms with Gasteiger partial charge in [0.1, 0.15) is 0 Å². The second-order valence-corrected chi connectivity index (χ2v) is 5.03. The summed E-state index contributed by atoms with van der Waals surface area (Å²) in [6.07, 6.45) is 2.31. The predicted molar refractivity (Wildman–Crippen MR) is 71.5 cm³/mol. The molecule has 0 aromatic heterocycles. The second-order valence-electron chi connectivity index (χ2n) is 5.03. The minimum Gasteiger partial charge on any atom is -0.399 e. The second kappa shape index (κ2) is 5.16. The quantitative estimate of drug-likeness (QED) is 0.812. The van der Waals surface area contributed by atoms with E-state index in [2.05, 4.69) is 17.0 Å². The first-order chi connectivity index (χ1) is 8.83. The lowest BCUT2D eigenvalue weighted by atomic mass is 9.96. The van der Waals surface area contributed by atoms with Crippen LogP contribution in [0.5, 0.6) is 0 Å². The Bertz CT molecular complexity index is 379. The lowest BCUT2D eigenvalue weighted by molar-refractivity contribution is -0.0889. The fraction of sp³-hybridized carbons (Fsp3) is 0.571. The SMILES string of the molecule is Nc1ccc(N2CCC(C3OCCO3)CC2)cc1. The van der Waals surface area contributed by atoms with Crippen LogP contribution in [-0.2, 0) is 9.47 Å². The average molecular weight is 248 g/mol. The van der Waals surface area contributed by atoms with E-state index in [4.69, 9.17) is 15.2 Å². The van der Waals surface area contributed by atoms with E-state index < -0.39 is 0 Å². The molecule has 2 heterocycles. The Balaban J connectivity index is 1.57. The molecule has 4 heteroatoms. The van der Waals surface area contributed by atoms with Crippen molar-refractivity contribution in [2.75, 3.05) is 36.9 Å². The van der Waals surface area contributed by atoms with E-state index in [9.17, 15) is 0 Å². The van der Waals surface area contributed by atoms with Gasteiger partial charge in [-0.15, -0.1) is 0 Å². The Kier molecular flexibility index (Phi) is 3.39. The first kappa shape index (κ1) is 11.8. The highest BCUT2D eigenvalue weighted by Gasteiger charge is 2.30. The van der Waals surface area contributed by atoms with E-state index in [1.165, 1.54) is 5.69 Å². The third-order valence-electron chi connectivity index (χ3n) is 3.83. The molecule has 0 unspecified atom stereocenters. The van der Waals surface area contributed by atoms with E-state index >= 15 is 0 Å². The maximum atomic E-state index is 5.71. The summed E-state index contributed by atoms with van der Waals surface area (Å²) in [7, 11) is 0. The molecule has 1 aromatic rings. The van der Waals surface area contributed by atoms with E-state index in [1.807, 2.05) is 12.1 Å². The highest BCUT2D eigenvalue weighted by atomic mass is 16.7. The fourth-order valence-electron chi connectivity index (χ4n) is 2.76. The Labute approximate surface area is 108 Å². The number of piperidine rings is 1. The molecule has 18 heavy (non-hydrogen) atoms. The molecule has 3 rings (SSSR count). The maximum absolute atomic E-state index is 5.71. The minimum absolute atomic E-state index is 0.0403. The molecule has 2 aliphatic rings. The molecule has 0 bridgehead atoms. The van der Waals surface area contributed by atoms with Gasteiger partial charge in [0, 0.05) is 30.4 Å². The van der Waals surface area contributed by atoms with Crippen LogP contribution >= 0.6 is 0 Å². The van der Waals surface area contributed by atoms with Crippen molar-refractivity contribution in [2.24, 2.45) is 5.92 Å². The van der Waals surface area contributed by atoms with Crippen LogP contribution in [0.1, 0.15) is 12.8 Å². The van der Waals surface area contributed by atoms with E-state index in [1.54, 1.807) is 0 Å². The van der Waals surface area contributed by atoms with Gasteiger partial charge in [-0.05, 0) is 37.1 Å². The molecule has 0 amide bonds. The van der Waals surface area contributed by atoms with Gasteiger partial charge >= 0.3 is 0 Å². The van der Waals surface area contributed by atoms with E-state index in [0.29, 0.717) is 5.92 Å². The van der Waals surface area contributed by atoms with Crippen LogP contribution < -0.4 is 10.6 Å². The normalized spacial score (nSPS) is 22.6. The van der Waals surface area contributed by atoms with Crippen LogP contribution in [0.15, 0.2) is 24.3 Å². The lowest BCUT2D eigenvalue weighted by Crippen LogP contribution is -2.38. The number of hydrogen-bond acceptors (Lipinski definition) is 4. The first-order valence-electron chi connectivity index (χ1n) is 6.66. The molecule has 0 atom stereocenters. The third-order valence-corrected chi connectivity index (χ3v) is 3.83.